The summed E-state index contributed by atoms with van der Waals surface area (Å²) in [6, 6.07) is 5.36. The average Bonchev–Trinajstić information content (AvgIpc) is 2.37. The van der Waals surface area contributed by atoms with Gasteiger partial charge in [-0.05, 0) is 45.5 Å². The highest BCUT2D eigenvalue weighted by Crippen LogP contribution is 2.30. The van der Waals surface area contributed by atoms with Crippen molar-refractivity contribution in [3.05, 3.63) is 29.6 Å². The zero-order valence-corrected chi connectivity index (χ0v) is 12.1. The van der Waals surface area contributed by atoms with Crippen LogP contribution in [-0.4, -0.2) is 38.1 Å². The van der Waals surface area contributed by atoms with E-state index in [1.165, 1.54) is 12.5 Å². The van der Waals surface area contributed by atoms with Crippen LogP contribution < -0.4 is 10.6 Å². The highest BCUT2D eigenvalue weighted by molar-refractivity contribution is 5.55. The molecule has 0 aliphatic carbocycles. The number of halogens is 1. The third kappa shape index (κ3) is 3.07. The van der Waals surface area contributed by atoms with Gasteiger partial charge >= 0.3 is 0 Å². The van der Waals surface area contributed by atoms with Gasteiger partial charge in [0.05, 0.1) is 0 Å². The van der Waals surface area contributed by atoms with Crippen LogP contribution in [0.25, 0.3) is 0 Å². The van der Waals surface area contributed by atoms with Crippen molar-refractivity contribution < 1.29 is 4.39 Å². The van der Waals surface area contributed by atoms with Gasteiger partial charge in [-0.2, -0.15) is 0 Å². The van der Waals surface area contributed by atoms with Gasteiger partial charge in [-0.3, -0.25) is 0 Å². The van der Waals surface area contributed by atoms with Crippen LogP contribution in [-0.2, 0) is 0 Å². The van der Waals surface area contributed by atoms with E-state index in [0.29, 0.717) is 11.6 Å². The number of nitrogens with two attached hydrogens (primary N) is 1. The molecule has 1 aromatic carbocycles. The van der Waals surface area contributed by atoms with Gasteiger partial charge in [0.1, 0.15) is 5.82 Å². The smallest absolute Gasteiger partial charge is 0.130 e. The first-order valence-corrected chi connectivity index (χ1v) is 6.96. The molecule has 0 amide bonds. The molecular weight excluding hydrogens is 241 g/mol. The molecule has 2 rings (SSSR count). The van der Waals surface area contributed by atoms with E-state index >= 15 is 0 Å². The molecule has 1 aromatic rings. The third-order valence-corrected chi connectivity index (χ3v) is 4.01. The van der Waals surface area contributed by atoms with Crippen LogP contribution >= 0.6 is 0 Å². The lowest BCUT2D eigenvalue weighted by Gasteiger charge is -2.38. The largest absolute Gasteiger partial charge is 0.370 e. The standard InChI is InChI=1S/C15H24FN3/c1-11(17)15-13(16)7-4-8-14(15)19(3)12-6-5-9-18(2)10-12/h4,7-8,11-12H,5-6,9-10,17H2,1-3H3. The van der Waals surface area contributed by atoms with E-state index in [2.05, 4.69) is 16.8 Å². The second kappa shape index (κ2) is 5.88. The highest BCUT2D eigenvalue weighted by atomic mass is 19.1. The van der Waals surface area contributed by atoms with E-state index in [4.69, 9.17) is 5.73 Å². The van der Waals surface area contributed by atoms with Crippen LogP contribution in [0.3, 0.4) is 0 Å². The monoisotopic (exact) mass is 265 g/mol. The lowest BCUT2D eigenvalue weighted by atomic mass is 10.0. The summed E-state index contributed by atoms with van der Waals surface area (Å²) in [5.41, 5.74) is 7.48. The van der Waals surface area contributed by atoms with E-state index in [0.717, 1.165) is 25.2 Å². The summed E-state index contributed by atoms with van der Waals surface area (Å²) in [6.07, 6.45) is 2.34. The Balaban J connectivity index is 2.28. The minimum atomic E-state index is -0.292. The molecule has 2 atom stereocenters. The normalized spacial score (nSPS) is 22.3. The third-order valence-electron chi connectivity index (χ3n) is 4.01. The Bertz CT molecular complexity index is 433. The topological polar surface area (TPSA) is 32.5 Å². The predicted molar refractivity (Wildman–Crippen MR) is 77.9 cm³/mol. The zero-order valence-electron chi connectivity index (χ0n) is 12.1. The van der Waals surface area contributed by atoms with Crippen molar-refractivity contribution in [1.29, 1.82) is 0 Å². The maximum atomic E-state index is 14.0. The van der Waals surface area contributed by atoms with Crippen molar-refractivity contribution in [2.75, 3.05) is 32.1 Å². The quantitative estimate of drug-likeness (QED) is 0.910. The first kappa shape index (κ1) is 14.3. The average molecular weight is 265 g/mol. The second-order valence-corrected chi connectivity index (χ2v) is 5.63. The fourth-order valence-corrected chi connectivity index (χ4v) is 2.94. The van der Waals surface area contributed by atoms with Crippen LogP contribution in [0.4, 0.5) is 10.1 Å². The van der Waals surface area contributed by atoms with Crippen LogP contribution in [0.5, 0.6) is 0 Å². The van der Waals surface area contributed by atoms with Gasteiger partial charge in [0, 0.05) is 36.9 Å². The van der Waals surface area contributed by atoms with Crippen molar-refractivity contribution in [3.63, 3.8) is 0 Å². The van der Waals surface area contributed by atoms with Crippen molar-refractivity contribution in [2.24, 2.45) is 5.73 Å². The van der Waals surface area contributed by atoms with Gasteiger partial charge < -0.3 is 15.5 Å². The fourth-order valence-electron chi connectivity index (χ4n) is 2.94. The van der Waals surface area contributed by atoms with Gasteiger partial charge in [-0.15, -0.1) is 0 Å². The van der Waals surface area contributed by atoms with Gasteiger partial charge in [0.15, 0.2) is 0 Å². The Morgan fingerprint density at radius 3 is 2.84 bits per heavy atom. The van der Waals surface area contributed by atoms with Crippen molar-refractivity contribution in [3.8, 4) is 0 Å². The fraction of sp³-hybridized carbons (Fsp3) is 0.600. The van der Waals surface area contributed by atoms with Crippen molar-refractivity contribution in [1.82, 2.24) is 4.90 Å². The number of likely N-dealkylation sites (tertiary alicyclic amines) is 1. The molecule has 106 valence electrons. The Hall–Kier alpha value is -1.13. The molecule has 3 nitrogen and oxygen atoms in total. The molecule has 1 fully saturated rings. The minimum Gasteiger partial charge on any atom is -0.370 e. The number of rotatable bonds is 3. The summed E-state index contributed by atoms with van der Waals surface area (Å²) in [5.74, 6) is -0.205. The van der Waals surface area contributed by atoms with Crippen LogP contribution in [0, 0.1) is 5.82 Å². The summed E-state index contributed by atoms with van der Waals surface area (Å²) in [5, 5.41) is 0. The SMILES string of the molecule is CC(N)c1c(F)cccc1N(C)C1CCCN(C)C1. The molecule has 1 aliphatic rings. The molecule has 4 heteroatoms. The van der Waals surface area contributed by atoms with Crippen LogP contribution in [0.15, 0.2) is 18.2 Å². The number of hydrogen-bond donors (Lipinski definition) is 1. The maximum Gasteiger partial charge on any atom is 0.130 e. The molecule has 1 saturated heterocycles. The molecule has 0 radical (unpaired) electrons. The Morgan fingerprint density at radius 2 is 2.21 bits per heavy atom. The molecule has 1 heterocycles. The lowest BCUT2D eigenvalue weighted by Crippen LogP contribution is -2.45. The summed E-state index contributed by atoms with van der Waals surface area (Å²) < 4.78 is 14.0. The van der Waals surface area contributed by atoms with E-state index in [1.54, 1.807) is 6.07 Å². The first-order valence-electron chi connectivity index (χ1n) is 6.96. The van der Waals surface area contributed by atoms with E-state index < -0.39 is 0 Å². The number of hydrogen-bond acceptors (Lipinski definition) is 3. The molecule has 2 N–H and O–H groups in total. The Labute approximate surface area is 115 Å². The molecule has 0 spiro atoms. The molecule has 0 bridgehead atoms. The molecule has 0 saturated carbocycles. The highest BCUT2D eigenvalue weighted by Gasteiger charge is 2.24. The van der Waals surface area contributed by atoms with E-state index in [9.17, 15) is 4.39 Å². The number of nitrogens with zero attached hydrogens (tertiary/aromatic N) is 2. The van der Waals surface area contributed by atoms with E-state index in [-0.39, 0.29) is 11.9 Å². The Kier molecular flexibility index (Phi) is 4.42. The number of anilines is 1. The number of likely N-dealkylation sites (N-methyl/N-ethyl adjacent to an activating group) is 2. The van der Waals surface area contributed by atoms with Gasteiger partial charge in [-0.25, -0.2) is 4.39 Å². The lowest BCUT2D eigenvalue weighted by molar-refractivity contribution is 0.247. The van der Waals surface area contributed by atoms with Gasteiger partial charge in [-0.1, -0.05) is 6.07 Å². The summed E-state index contributed by atoms with van der Waals surface area (Å²) in [7, 11) is 4.18. The minimum absolute atomic E-state index is 0.205. The van der Waals surface area contributed by atoms with E-state index in [1.807, 2.05) is 20.0 Å². The van der Waals surface area contributed by atoms with Crippen LogP contribution in [0.2, 0.25) is 0 Å². The first-order chi connectivity index (χ1) is 9.00. The van der Waals surface area contributed by atoms with Crippen molar-refractivity contribution >= 4 is 5.69 Å². The van der Waals surface area contributed by atoms with Gasteiger partial charge in [0.2, 0.25) is 0 Å². The molecule has 19 heavy (non-hydrogen) atoms. The molecule has 0 aromatic heterocycles. The summed E-state index contributed by atoms with van der Waals surface area (Å²) >= 11 is 0. The zero-order chi connectivity index (χ0) is 14.0. The van der Waals surface area contributed by atoms with Gasteiger partial charge in [0.25, 0.3) is 0 Å². The summed E-state index contributed by atoms with van der Waals surface area (Å²) in [6.45, 7) is 4.00. The summed E-state index contributed by atoms with van der Waals surface area (Å²) in [4.78, 5) is 4.52. The maximum absolute atomic E-state index is 14.0. The second-order valence-electron chi connectivity index (χ2n) is 5.63. The number of piperidine rings is 1. The molecular formula is C15H24FN3. The Morgan fingerprint density at radius 1 is 1.47 bits per heavy atom. The number of benzene rings is 1. The molecule has 1 aliphatic heterocycles. The van der Waals surface area contributed by atoms with Crippen molar-refractivity contribution in [2.45, 2.75) is 31.8 Å². The van der Waals surface area contributed by atoms with Crippen LogP contribution in [0.1, 0.15) is 31.4 Å². The molecule has 2 unspecified atom stereocenters. The predicted octanol–water partition coefficient (Wildman–Crippen LogP) is 2.38.